The lowest BCUT2D eigenvalue weighted by atomic mass is 10.1. The number of nitrogens with zero attached hydrogens (tertiary/aromatic N) is 3. The molecule has 0 radical (unpaired) electrons. The molecule has 0 N–H and O–H groups in total. The molecule has 1 aliphatic carbocycles. The van der Waals surface area contributed by atoms with Crippen LogP contribution in [0.1, 0.15) is 50.4 Å². The second-order valence-corrected chi connectivity index (χ2v) is 6.69. The zero-order chi connectivity index (χ0) is 16.9. The Bertz CT molecular complexity index is 634. The molecule has 1 saturated carbocycles. The minimum Gasteiger partial charge on any atom is -0.497 e. The van der Waals surface area contributed by atoms with E-state index in [2.05, 4.69) is 41.0 Å². The first kappa shape index (κ1) is 17.0. The van der Waals surface area contributed by atoms with E-state index >= 15 is 0 Å². The Morgan fingerprint density at radius 3 is 2.62 bits per heavy atom. The molecular formula is C19H27N3O2. The highest BCUT2D eigenvalue weighted by atomic mass is 16.5. The first-order valence-electron chi connectivity index (χ1n) is 8.88. The summed E-state index contributed by atoms with van der Waals surface area (Å²) in [6.45, 7) is 6.03. The maximum atomic E-state index is 5.45. The van der Waals surface area contributed by atoms with Crippen LogP contribution in [0.25, 0.3) is 0 Å². The monoisotopic (exact) mass is 329 g/mol. The lowest BCUT2D eigenvalue weighted by molar-refractivity contribution is 0.150. The molecule has 1 aromatic heterocycles. The third kappa shape index (κ3) is 4.35. The summed E-state index contributed by atoms with van der Waals surface area (Å²) < 4.78 is 10.7. The number of hydrogen-bond donors (Lipinski definition) is 0. The predicted octanol–water partition coefficient (Wildman–Crippen LogP) is 3.83. The fraction of sp³-hybridized carbons (Fsp3) is 0.579. The van der Waals surface area contributed by atoms with Crippen LogP contribution in [0.5, 0.6) is 5.75 Å². The standard InChI is InChI=1S/C19H27N3O2/c1-4-5-18-20-19(24-21-18)13-22(14(2)16-8-9-16)12-15-6-10-17(23-3)11-7-15/h6-7,10-11,14,16H,4-5,8-9,12-13H2,1-3H3. The van der Waals surface area contributed by atoms with Crippen LogP contribution in [0.2, 0.25) is 0 Å². The van der Waals surface area contributed by atoms with Crippen molar-refractivity contribution in [2.75, 3.05) is 7.11 Å². The molecule has 2 aromatic rings. The van der Waals surface area contributed by atoms with Gasteiger partial charge in [0, 0.05) is 19.0 Å². The molecular weight excluding hydrogens is 302 g/mol. The van der Waals surface area contributed by atoms with Crippen molar-refractivity contribution in [2.45, 2.75) is 58.7 Å². The van der Waals surface area contributed by atoms with Crippen molar-refractivity contribution in [1.29, 1.82) is 0 Å². The smallest absolute Gasteiger partial charge is 0.240 e. The fourth-order valence-electron chi connectivity index (χ4n) is 3.04. The van der Waals surface area contributed by atoms with Crippen molar-refractivity contribution in [3.05, 3.63) is 41.5 Å². The van der Waals surface area contributed by atoms with E-state index < -0.39 is 0 Å². The highest BCUT2D eigenvalue weighted by Crippen LogP contribution is 2.36. The summed E-state index contributed by atoms with van der Waals surface area (Å²) in [5.41, 5.74) is 1.27. The molecule has 0 spiro atoms. The zero-order valence-electron chi connectivity index (χ0n) is 14.9. The minimum absolute atomic E-state index is 0.522. The molecule has 1 aromatic carbocycles. The number of aromatic nitrogens is 2. The molecule has 1 atom stereocenters. The summed E-state index contributed by atoms with van der Waals surface area (Å²) in [7, 11) is 1.69. The molecule has 24 heavy (non-hydrogen) atoms. The summed E-state index contributed by atoms with van der Waals surface area (Å²) in [4.78, 5) is 6.98. The van der Waals surface area contributed by atoms with Gasteiger partial charge < -0.3 is 9.26 Å². The van der Waals surface area contributed by atoms with Crippen LogP contribution >= 0.6 is 0 Å². The predicted molar refractivity (Wildman–Crippen MR) is 92.7 cm³/mol. The van der Waals surface area contributed by atoms with Gasteiger partial charge in [-0.3, -0.25) is 4.90 Å². The van der Waals surface area contributed by atoms with Gasteiger partial charge >= 0.3 is 0 Å². The van der Waals surface area contributed by atoms with Crippen LogP contribution < -0.4 is 4.74 Å². The number of ether oxygens (including phenoxy) is 1. The molecule has 0 amide bonds. The van der Waals surface area contributed by atoms with Gasteiger partial charge in [0.2, 0.25) is 5.89 Å². The largest absolute Gasteiger partial charge is 0.497 e. The van der Waals surface area contributed by atoms with Crippen molar-refractivity contribution < 1.29 is 9.26 Å². The highest BCUT2D eigenvalue weighted by molar-refractivity contribution is 5.27. The van der Waals surface area contributed by atoms with E-state index in [-0.39, 0.29) is 0 Å². The van der Waals surface area contributed by atoms with Crippen LogP contribution in [0.3, 0.4) is 0 Å². The van der Waals surface area contributed by atoms with Gasteiger partial charge in [-0.05, 0) is 49.8 Å². The number of aryl methyl sites for hydroxylation is 1. The van der Waals surface area contributed by atoms with Gasteiger partial charge in [0.05, 0.1) is 13.7 Å². The van der Waals surface area contributed by atoms with Gasteiger partial charge in [-0.25, -0.2) is 0 Å². The third-order valence-electron chi connectivity index (χ3n) is 4.75. The van der Waals surface area contributed by atoms with Crippen molar-refractivity contribution in [3.8, 4) is 5.75 Å². The summed E-state index contributed by atoms with van der Waals surface area (Å²) in [5.74, 6) is 3.22. The third-order valence-corrected chi connectivity index (χ3v) is 4.75. The van der Waals surface area contributed by atoms with E-state index in [1.807, 2.05) is 12.1 Å². The molecule has 130 valence electrons. The van der Waals surface area contributed by atoms with Gasteiger partial charge in [-0.15, -0.1) is 0 Å². The van der Waals surface area contributed by atoms with E-state index in [0.717, 1.165) is 42.8 Å². The number of methoxy groups -OCH3 is 1. The molecule has 3 rings (SSSR count). The van der Waals surface area contributed by atoms with Crippen molar-refractivity contribution in [3.63, 3.8) is 0 Å². The van der Waals surface area contributed by atoms with Crippen LogP contribution in [0.15, 0.2) is 28.8 Å². The molecule has 0 bridgehead atoms. The van der Waals surface area contributed by atoms with E-state index in [0.29, 0.717) is 12.6 Å². The van der Waals surface area contributed by atoms with Crippen LogP contribution in [-0.4, -0.2) is 28.2 Å². The topological polar surface area (TPSA) is 51.4 Å². The van der Waals surface area contributed by atoms with Crippen molar-refractivity contribution in [2.24, 2.45) is 5.92 Å². The minimum atomic E-state index is 0.522. The Hall–Kier alpha value is -1.88. The first-order chi connectivity index (χ1) is 11.7. The molecule has 1 unspecified atom stereocenters. The number of hydrogen-bond acceptors (Lipinski definition) is 5. The summed E-state index contributed by atoms with van der Waals surface area (Å²) in [6, 6.07) is 8.81. The first-order valence-corrected chi connectivity index (χ1v) is 8.88. The number of rotatable bonds is 9. The van der Waals surface area contributed by atoms with Crippen LogP contribution in [-0.2, 0) is 19.5 Å². The summed E-state index contributed by atoms with van der Waals surface area (Å²) >= 11 is 0. The molecule has 5 heteroatoms. The molecule has 1 aliphatic rings. The Morgan fingerprint density at radius 1 is 1.25 bits per heavy atom. The van der Waals surface area contributed by atoms with Crippen LogP contribution in [0, 0.1) is 5.92 Å². The zero-order valence-corrected chi connectivity index (χ0v) is 14.9. The molecule has 0 aliphatic heterocycles. The van der Waals surface area contributed by atoms with E-state index in [4.69, 9.17) is 9.26 Å². The second-order valence-electron chi connectivity index (χ2n) is 6.69. The Labute approximate surface area is 144 Å². The lowest BCUT2D eigenvalue weighted by Gasteiger charge is -2.28. The Morgan fingerprint density at radius 2 is 2.00 bits per heavy atom. The lowest BCUT2D eigenvalue weighted by Crippen LogP contribution is -2.33. The van der Waals surface area contributed by atoms with Crippen LogP contribution in [0.4, 0.5) is 0 Å². The molecule has 1 heterocycles. The van der Waals surface area contributed by atoms with Gasteiger partial charge in [0.15, 0.2) is 5.82 Å². The number of benzene rings is 1. The second kappa shape index (κ2) is 7.79. The quantitative estimate of drug-likeness (QED) is 0.700. The Kier molecular flexibility index (Phi) is 5.51. The van der Waals surface area contributed by atoms with Crippen molar-refractivity contribution >= 4 is 0 Å². The summed E-state index contributed by atoms with van der Waals surface area (Å²) in [5, 5.41) is 4.08. The molecule has 5 nitrogen and oxygen atoms in total. The van der Waals surface area contributed by atoms with Gasteiger partial charge in [0.25, 0.3) is 0 Å². The van der Waals surface area contributed by atoms with E-state index in [9.17, 15) is 0 Å². The molecule has 0 saturated heterocycles. The fourth-order valence-corrected chi connectivity index (χ4v) is 3.04. The Balaban J connectivity index is 1.69. The van der Waals surface area contributed by atoms with E-state index in [1.54, 1.807) is 7.11 Å². The normalized spacial score (nSPS) is 15.7. The maximum Gasteiger partial charge on any atom is 0.240 e. The van der Waals surface area contributed by atoms with Gasteiger partial charge in [-0.1, -0.05) is 24.2 Å². The SMILES string of the molecule is CCCc1noc(CN(Cc2ccc(OC)cc2)C(C)C2CC2)n1. The maximum absolute atomic E-state index is 5.45. The van der Waals surface area contributed by atoms with Crippen molar-refractivity contribution in [1.82, 2.24) is 15.0 Å². The average molecular weight is 329 g/mol. The highest BCUT2D eigenvalue weighted by Gasteiger charge is 2.32. The van der Waals surface area contributed by atoms with Gasteiger partial charge in [-0.2, -0.15) is 4.98 Å². The van der Waals surface area contributed by atoms with Gasteiger partial charge in [0.1, 0.15) is 5.75 Å². The molecule has 1 fully saturated rings. The average Bonchev–Trinajstić information content (AvgIpc) is 3.36. The van der Waals surface area contributed by atoms with E-state index in [1.165, 1.54) is 18.4 Å². The summed E-state index contributed by atoms with van der Waals surface area (Å²) in [6.07, 6.45) is 4.56.